The number of nitrogens with zero attached hydrogens (tertiary/aromatic N) is 3. The number of hydrogen-bond acceptors (Lipinski definition) is 6. The van der Waals surface area contributed by atoms with Gasteiger partial charge in [0.05, 0.1) is 11.3 Å². The Morgan fingerprint density at radius 2 is 1.77 bits per heavy atom. The highest BCUT2D eigenvalue weighted by atomic mass is 16.5. The van der Waals surface area contributed by atoms with Crippen LogP contribution in [0.5, 0.6) is 11.6 Å². The number of pyridine rings is 1. The van der Waals surface area contributed by atoms with Crippen molar-refractivity contribution in [2.45, 2.75) is 20.8 Å². The number of carbonyl (C=O) groups excluding carboxylic acids is 1. The van der Waals surface area contributed by atoms with Crippen LogP contribution >= 0.6 is 0 Å². The van der Waals surface area contributed by atoms with Crippen LogP contribution in [-0.2, 0) is 0 Å². The zero-order valence-electron chi connectivity index (χ0n) is 16.8. The Bertz CT molecular complexity index is 1190. The van der Waals surface area contributed by atoms with E-state index in [9.17, 15) is 15.0 Å². The molecule has 0 aliphatic carbocycles. The molecule has 0 saturated heterocycles. The van der Waals surface area contributed by atoms with Crippen molar-refractivity contribution >= 4 is 5.78 Å². The van der Waals surface area contributed by atoms with E-state index >= 15 is 0 Å². The standard InChI is InChI=1S/C23H21N3O4/c1-23(2,3)21(28)18-19(15-5-4-11-24-13-15)26(22(29)20(18)27)16-8-6-14(7-9-16)17-10-12-30-25-17/h4-13,27,29H,1-3H3. The van der Waals surface area contributed by atoms with Crippen LogP contribution in [0.25, 0.3) is 28.2 Å². The van der Waals surface area contributed by atoms with Gasteiger partial charge < -0.3 is 14.7 Å². The van der Waals surface area contributed by atoms with Gasteiger partial charge in [0.25, 0.3) is 0 Å². The lowest BCUT2D eigenvalue weighted by molar-refractivity contribution is 0.0856. The van der Waals surface area contributed by atoms with Crippen molar-refractivity contribution in [2.75, 3.05) is 0 Å². The molecule has 152 valence electrons. The number of Topliss-reactive ketones (excluding diaryl/α,β-unsaturated/α-hetero) is 1. The molecule has 0 radical (unpaired) electrons. The highest BCUT2D eigenvalue weighted by Crippen LogP contribution is 2.45. The molecular weight excluding hydrogens is 382 g/mol. The normalized spacial score (nSPS) is 11.6. The summed E-state index contributed by atoms with van der Waals surface area (Å²) in [5.74, 6) is -1.14. The molecular formula is C23H21N3O4. The number of carbonyl (C=O) groups is 1. The van der Waals surface area contributed by atoms with Crippen molar-refractivity contribution in [3.8, 4) is 39.8 Å². The summed E-state index contributed by atoms with van der Waals surface area (Å²) >= 11 is 0. The second-order valence-corrected chi connectivity index (χ2v) is 7.98. The van der Waals surface area contributed by atoms with E-state index in [0.717, 1.165) is 5.56 Å². The van der Waals surface area contributed by atoms with Crippen molar-refractivity contribution in [2.24, 2.45) is 5.41 Å². The lowest BCUT2D eigenvalue weighted by atomic mass is 9.85. The van der Waals surface area contributed by atoms with Gasteiger partial charge in [0, 0.05) is 40.7 Å². The summed E-state index contributed by atoms with van der Waals surface area (Å²) in [5, 5.41) is 25.4. The first-order chi connectivity index (χ1) is 14.3. The smallest absolute Gasteiger partial charge is 0.240 e. The van der Waals surface area contributed by atoms with Crippen LogP contribution in [0.15, 0.2) is 65.6 Å². The molecule has 0 atom stereocenters. The molecule has 0 bridgehead atoms. The Morgan fingerprint density at radius 1 is 1.03 bits per heavy atom. The Kier molecular flexibility index (Phi) is 4.66. The van der Waals surface area contributed by atoms with Crippen LogP contribution in [0, 0.1) is 5.41 Å². The SMILES string of the molecule is CC(C)(C)C(=O)c1c(O)c(O)n(-c2ccc(-c3ccon3)cc2)c1-c1cccnc1. The topological polar surface area (TPSA) is 101 Å². The minimum atomic E-state index is -0.760. The molecule has 0 aliphatic rings. The van der Waals surface area contributed by atoms with Crippen molar-refractivity contribution in [1.29, 1.82) is 0 Å². The summed E-state index contributed by atoms with van der Waals surface area (Å²) in [7, 11) is 0. The molecule has 0 fully saturated rings. The van der Waals surface area contributed by atoms with Gasteiger partial charge >= 0.3 is 0 Å². The molecule has 4 aromatic rings. The molecule has 7 heteroatoms. The van der Waals surface area contributed by atoms with Crippen LogP contribution < -0.4 is 0 Å². The van der Waals surface area contributed by atoms with Gasteiger partial charge in [-0.25, -0.2) is 0 Å². The van der Waals surface area contributed by atoms with Crippen LogP contribution in [0.4, 0.5) is 0 Å². The second kappa shape index (κ2) is 7.18. The summed E-state index contributed by atoms with van der Waals surface area (Å²) < 4.78 is 6.34. The van der Waals surface area contributed by atoms with Gasteiger partial charge in [-0.2, -0.15) is 0 Å². The lowest BCUT2D eigenvalue weighted by Crippen LogP contribution is -2.20. The molecule has 3 aromatic heterocycles. The Balaban J connectivity index is 1.95. The highest BCUT2D eigenvalue weighted by Gasteiger charge is 2.34. The molecule has 4 rings (SSSR count). The molecule has 3 heterocycles. The van der Waals surface area contributed by atoms with Gasteiger partial charge in [-0.3, -0.25) is 14.3 Å². The third kappa shape index (κ3) is 3.24. The third-order valence-electron chi connectivity index (χ3n) is 4.82. The van der Waals surface area contributed by atoms with Gasteiger partial charge in [0.15, 0.2) is 11.5 Å². The van der Waals surface area contributed by atoms with Gasteiger partial charge in [-0.1, -0.05) is 38.1 Å². The molecule has 1 aromatic carbocycles. The molecule has 30 heavy (non-hydrogen) atoms. The molecule has 0 saturated carbocycles. The van der Waals surface area contributed by atoms with Gasteiger partial charge in [-0.05, 0) is 24.3 Å². The third-order valence-corrected chi connectivity index (χ3v) is 4.82. The number of ketones is 1. The fourth-order valence-electron chi connectivity index (χ4n) is 3.31. The predicted octanol–water partition coefficient (Wildman–Crippen LogP) is 4.83. The molecule has 0 amide bonds. The van der Waals surface area contributed by atoms with Crippen LogP contribution in [0.3, 0.4) is 0 Å². The maximum absolute atomic E-state index is 13.2. The Hall–Kier alpha value is -3.87. The van der Waals surface area contributed by atoms with Crippen molar-refractivity contribution in [3.63, 3.8) is 0 Å². The zero-order valence-corrected chi connectivity index (χ0v) is 16.8. The van der Waals surface area contributed by atoms with E-state index in [-0.39, 0.29) is 11.3 Å². The average Bonchev–Trinajstić information content (AvgIpc) is 3.35. The predicted molar refractivity (Wildman–Crippen MR) is 112 cm³/mol. The summed E-state index contributed by atoms with van der Waals surface area (Å²) in [6.07, 6.45) is 4.70. The first-order valence-electron chi connectivity index (χ1n) is 9.42. The van der Waals surface area contributed by atoms with E-state index in [4.69, 9.17) is 4.52 Å². The number of hydrogen-bond donors (Lipinski definition) is 2. The highest BCUT2D eigenvalue weighted by molar-refractivity contribution is 6.08. The van der Waals surface area contributed by atoms with Crippen molar-refractivity contribution in [3.05, 3.63) is 66.7 Å². The van der Waals surface area contributed by atoms with E-state index in [0.29, 0.717) is 22.6 Å². The molecule has 0 spiro atoms. The van der Waals surface area contributed by atoms with E-state index < -0.39 is 17.0 Å². The number of aromatic nitrogens is 3. The largest absolute Gasteiger partial charge is 0.503 e. The molecule has 2 N–H and O–H groups in total. The minimum absolute atomic E-state index is 0.0635. The summed E-state index contributed by atoms with van der Waals surface area (Å²) in [4.78, 5) is 17.3. The van der Waals surface area contributed by atoms with Crippen LogP contribution in [0.2, 0.25) is 0 Å². The average molecular weight is 403 g/mol. The fourth-order valence-corrected chi connectivity index (χ4v) is 3.31. The van der Waals surface area contributed by atoms with Crippen molar-refractivity contribution < 1.29 is 19.5 Å². The molecule has 7 nitrogen and oxygen atoms in total. The quantitative estimate of drug-likeness (QED) is 0.473. The number of aromatic hydroxyl groups is 2. The van der Waals surface area contributed by atoms with Gasteiger partial charge in [0.1, 0.15) is 12.0 Å². The number of benzene rings is 1. The van der Waals surface area contributed by atoms with Gasteiger partial charge in [-0.15, -0.1) is 0 Å². The lowest BCUT2D eigenvalue weighted by Gasteiger charge is -2.18. The number of rotatable bonds is 4. The molecule has 0 aliphatic heterocycles. The van der Waals surface area contributed by atoms with E-state index in [1.54, 1.807) is 63.5 Å². The van der Waals surface area contributed by atoms with Crippen LogP contribution in [-0.4, -0.2) is 30.7 Å². The summed E-state index contributed by atoms with van der Waals surface area (Å²) in [6.45, 7) is 5.30. The first-order valence-corrected chi connectivity index (χ1v) is 9.42. The van der Waals surface area contributed by atoms with E-state index in [2.05, 4.69) is 10.1 Å². The summed E-state index contributed by atoms with van der Waals surface area (Å²) in [6, 6.07) is 12.4. The Labute approximate surface area is 173 Å². The monoisotopic (exact) mass is 403 g/mol. The van der Waals surface area contributed by atoms with E-state index in [1.165, 1.54) is 10.8 Å². The second-order valence-electron chi connectivity index (χ2n) is 7.98. The van der Waals surface area contributed by atoms with Crippen LogP contribution in [0.1, 0.15) is 31.1 Å². The Morgan fingerprint density at radius 3 is 2.33 bits per heavy atom. The van der Waals surface area contributed by atoms with Gasteiger partial charge in [0.2, 0.25) is 5.88 Å². The minimum Gasteiger partial charge on any atom is -0.503 e. The maximum Gasteiger partial charge on any atom is 0.240 e. The summed E-state index contributed by atoms with van der Waals surface area (Å²) in [5.41, 5.74) is 2.36. The zero-order chi connectivity index (χ0) is 21.5. The maximum atomic E-state index is 13.2. The first kappa shape index (κ1) is 19.4. The molecule has 0 unspecified atom stereocenters. The van der Waals surface area contributed by atoms with Crippen molar-refractivity contribution in [1.82, 2.24) is 14.7 Å². The fraction of sp³-hybridized carbons (Fsp3) is 0.174. The van der Waals surface area contributed by atoms with E-state index in [1.807, 2.05) is 12.1 Å².